The molecule has 2 aromatic carbocycles. The Kier molecular flexibility index (Phi) is 2.38. The number of hydrogen-bond acceptors (Lipinski definition) is 2. The van der Waals surface area contributed by atoms with E-state index in [1.807, 2.05) is 12.1 Å². The Hall–Kier alpha value is -1.96. The number of anilines is 1. The molecule has 102 valence electrons. The molecule has 2 atom stereocenters. The summed E-state index contributed by atoms with van der Waals surface area (Å²) in [6.07, 6.45) is 1.21. The van der Waals surface area contributed by atoms with E-state index in [-0.39, 0.29) is 11.5 Å². The Labute approximate surface area is 119 Å². The van der Waals surface area contributed by atoms with Gasteiger partial charge in [0.05, 0.1) is 11.7 Å². The molecular weight excluding hydrogens is 246 g/mol. The first kappa shape index (κ1) is 11.8. The number of rotatable bonds is 0. The van der Waals surface area contributed by atoms with Crippen LogP contribution in [0.5, 0.6) is 5.75 Å². The normalized spacial score (nSPS) is 25.5. The number of fused-ring (bicyclic) bond motifs is 4. The average molecular weight is 265 g/mol. The van der Waals surface area contributed by atoms with Crippen LogP contribution in [0.25, 0.3) is 0 Å². The van der Waals surface area contributed by atoms with Crippen molar-refractivity contribution in [3.8, 4) is 5.75 Å². The molecule has 0 aromatic heterocycles. The van der Waals surface area contributed by atoms with E-state index in [1.165, 1.54) is 11.1 Å². The maximum Gasteiger partial charge on any atom is 0.144 e. The predicted octanol–water partition coefficient (Wildman–Crippen LogP) is 4.28. The zero-order valence-corrected chi connectivity index (χ0v) is 11.9. The van der Waals surface area contributed by atoms with Gasteiger partial charge in [0.15, 0.2) is 0 Å². The maximum absolute atomic E-state index is 6.29. The van der Waals surface area contributed by atoms with Gasteiger partial charge in [-0.1, -0.05) is 50.2 Å². The van der Waals surface area contributed by atoms with Crippen molar-refractivity contribution in [2.45, 2.75) is 37.8 Å². The van der Waals surface area contributed by atoms with Gasteiger partial charge in [0, 0.05) is 0 Å². The van der Waals surface area contributed by atoms with Gasteiger partial charge in [-0.2, -0.15) is 0 Å². The highest BCUT2D eigenvalue weighted by Crippen LogP contribution is 2.47. The molecule has 1 aliphatic heterocycles. The lowest BCUT2D eigenvalue weighted by molar-refractivity contribution is 0.138. The molecule has 2 unspecified atom stereocenters. The minimum absolute atomic E-state index is 0.120. The fraction of sp³-hybridized carbons (Fsp3) is 0.333. The van der Waals surface area contributed by atoms with Gasteiger partial charge in [-0.25, -0.2) is 0 Å². The van der Waals surface area contributed by atoms with Gasteiger partial charge in [0.25, 0.3) is 0 Å². The number of benzene rings is 2. The van der Waals surface area contributed by atoms with Crippen molar-refractivity contribution < 1.29 is 4.74 Å². The fourth-order valence-corrected chi connectivity index (χ4v) is 3.64. The first-order chi connectivity index (χ1) is 9.65. The SMILES string of the molecule is CC1(C)CC2Nc3ccccc3OC2c2ccccc21. The number of hydrogen-bond donors (Lipinski definition) is 1. The van der Waals surface area contributed by atoms with Crippen molar-refractivity contribution in [2.75, 3.05) is 5.32 Å². The summed E-state index contributed by atoms with van der Waals surface area (Å²) in [5.41, 5.74) is 4.04. The lowest BCUT2D eigenvalue weighted by Crippen LogP contribution is -2.44. The molecule has 1 heterocycles. The van der Waals surface area contributed by atoms with E-state index in [9.17, 15) is 0 Å². The Morgan fingerprint density at radius 3 is 2.70 bits per heavy atom. The van der Waals surface area contributed by atoms with Crippen LogP contribution < -0.4 is 10.1 Å². The predicted molar refractivity (Wildman–Crippen MR) is 81.3 cm³/mol. The highest BCUT2D eigenvalue weighted by molar-refractivity contribution is 5.60. The molecule has 2 heteroatoms. The topological polar surface area (TPSA) is 21.3 Å². The summed E-state index contributed by atoms with van der Waals surface area (Å²) in [5, 5.41) is 3.67. The number of ether oxygens (including phenoxy) is 1. The molecule has 0 amide bonds. The van der Waals surface area contributed by atoms with Crippen molar-refractivity contribution in [1.29, 1.82) is 0 Å². The van der Waals surface area contributed by atoms with Crippen LogP contribution in [0.1, 0.15) is 37.5 Å². The molecule has 0 saturated carbocycles. The lowest BCUT2D eigenvalue weighted by Gasteiger charge is -2.45. The van der Waals surface area contributed by atoms with E-state index >= 15 is 0 Å². The summed E-state index contributed by atoms with van der Waals surface area (Å²) in [6.45, 7) is 4.65. The molecule has 0 bridgehead atoms. The third-order valence-electron chi connectivity index (χ3n) is 4.57. The van der Waals surface area contributed by atoms with E-state index in [4.69, 9.17) is 4.74 Å². The third-order valence-corrected chi connectivity index (χ3v) is 4.57. The average Bonchev–Trinajstić information content (AvgIpc) is 2.45. The van der Waals surface area contributed by atoms with Crippen LogP contribution >= 0.6 is 0 Å². The second kappa shape index (κ2) is 4.02. The molecule has 1 aliphatic carbocycles. The largest absolute Gasteiger partial charge is 0.481 e. The van der Waals surface area contributed by atoms with Gasteiger partial charge < -0.3 is 10.1 Å². The molecule has 2 aromatic rings. The lowest BCUT2D eigenvalue weighted by atomic mass is 9.69. The minimum atomic E-state index is 0.120. The van der Waals surface area contributed by atoms with E-state index in [1.54, 1.807) is 0 Å². The molecule has 0 saturated heterocycles. The smallest absolute Gasteiger partial charge is 0.144 e. The summed E-state index contributed by atoms with van der Waals surface area (Å²) in [6, 6.07) is 17.3. The minimum Gasteiger partial charge on any atom is -0.481 e. The number of para-hydroxylation sites is 2. The Bertz CT molecular complexity index is 662. The van der Waals surface area contributed by atoms with Gasteiger partial charge in [0.2, 0.25) is 0 Å². The maximum atomic E-state index is 6.29. The summed E-state index contributed by atoms with van der Waals surface area (Å²) in [5.74, 6) is 0.961. The second-order valence-electron chi connectivity index (χ2n) is 6.46. The molecule has 1 N–H and O–H groups in total. The van der Waals surface area contributed by atoms with Gasteiger partial charge in [0.1, 0.15) is 11.9 Å². The monoisotopic (exact) mass is 265 g/mol. The summed E-state index contributed by atoms with van der Waals surface area (Å²) in [7, 11) is 0. The quantitative estimate of drug-likeness (QED) is 0.767. The highest BCUT2D eigenvalue weighted by atomic mass is 16.5. The Balaban J connectivity index is 1.84. The third kappa shape index (κ3) is 1.64. The fourth-order valence-electron chi connectivity index (χ4n) is 3.64. The van der Waals surface area contributed by atoms with Gasteiger partial charge in [-0.05, 0) is 35.1 Å². The first-order valence-electron chi connectivity index (χ1n) is 7.27. The van der Waals surface area contributed by atoms with Crippen molar-refractivity contribution in [3.05, 3.63) is 59.7 Å². The zero-order chi connectivity index (χ0) is 13.7. The van der Waals surface area contributed by atoms with Crippen LogP contribution in [0, 0.1) is 0 Å². The molecule has 0 radical (unpaired) electrons. The Morgan fingerprint density at radius 1 is 1.05 bits per heavy atom. The van der Waals surface area contributed by atoms with Gasteiger partial charge in [-0.3, -0.25) is 0 Å². The van der Waals surface area contributed by atoms with Crippen LogP contribution in [0.2, 0.25) is 0 Å². The molecule has 0 fully saturated rings. The molecule has 2 aliphatic rings. The highest BCUT2D eigenvalue weighted by Gasteiger charge is 2.42. The molecule has 0 spiro atoms. The first-order valence-corrected chi connectivity index (χ1v) is 7.27. The molecule has 2 nitrogen and oxygen atoms in total. The van der Waals surface area contributed by atoms with E-state index in [0.717, 1.165) is 17.9 Å². The van der Waals surface area contributed by atoms with Crippen LogP contribution in [0.4, 0.5) is 5.69 Å². The summed E-state index contributed by atoms with van der Waals surface area (Å²) in [4.78, 5) is 0. The Morgan fingerprint density at radius 2 is 1.80 bits per heavy atom. The molecule has 20 heavy (non-hydrogen) atoms. The molecular formula is C18H19NO. The summed E-state index contributed by atoms with van der Waals surface area (Å²) >= 11 is 0. The molecule has 4 rings (SSSR count). The van der Waals surface area contributed by atoms with Gasteiger partial charge >= 0.3 is 0 Å². The summed E-state index contributed by atoms with van der Waals surface area (Å²) < 4.78 is 6.29. The van der Waals surface area contributed by atoms with Crippen LogP contribution in [-0.2, 0) is 5.41 Å². The van der Waals surface area contributed by atoms with Crippen molar-refractivity contribution in [3.63, 3.8) is 0 Å². The van der Waals surface area contributed by atoms with Crippen LogP contribution in [-0.4, -0.2) is 6.04 Å². The van der Waals surface area contributed by atoms with Crippen LogP contribution in [0.15, 0.2) is 48.5 Å². The standard InChI is InChI=1S/C18H19NO/c1-18(2)11-15-17(12-7-3-4-8-13(12)18)20-16-10-6-5-9-14(16)19-15/h3-10,15,17,19H,11H2,1-2H3. The van der Waals surface area contributed by atoms with Crippen LogP contribution in [0.3, 0.4) is 0 Å². The second-order valence-corrected chi connectivity index (χ2v) is 6.46. The van der Waals surface area contributed by atoms with Crippen molar-refractivity contribution in [2.24, 2.45) is 0 Å². The van der Waals surface area contributed by atoms with Crippen molar-refractivity contribution in [1.82, 2.24) is 0 Å². The van der Waals surface area contributed by atoms with E-state index < -0.39 is 0 Å². The van der Waals surface area contributed by atoms with E-state index in [2.05, 4.69) is 55.6 Å². The van der Waals surface area contributed by atoms with Gasteiger partial charge in [-0.15, -0.1) is 0 Å². The zero-order valence-electron chi connectivity index (χ0n) is 11.9. The van der Waals surface area contributed by atoms with E-state index in [0.29, 0.717) is 6.04 Å². The van der Waals surface area contributed by atoms with Crippen molar-refractivity contribution >= 4 is 5.69 Å². The number of nitrogens with one attached hydrogen (secondary N) is 1.